The molecule has 1 N–H and O–H groups in total. The lowest BCUT2D eigenvalue weighted by molar-refractivity contribution is -0.149. The Morgan fingerprint density at radius 2 is 1.41 bits per heavy atom. The lowest BCUT2D eigenvalue weighted by atomic mass is 10.1. The molecule has 0 spiro atoms. The highest BCUT2D eigenvalue weighted by molar-refractivity contribution is 5.81. The summed E-state index contributed by atoms with van der Waals surface area (Å²) in [6.45, 7) is 7.68. The van der Waals surface area contributed by atoms with Crippen molar-refractivity contribution in [2.24, 2.45) is 0 Å². The van der Waals surface area contributed by atoms with Crippen molar-refractivity contribution in [3.8, 4) is 0 Å². The van der Waals surface area contributed by atoms with E-state index in [2.05, 4.69) is 5.32 Å². The number of ether oxygens (including phenoxy) is 2. The molecule has 146 valence electrons. The van der Waals surface area contributed by atoms with Crippen LogP contribution in [0.2, 0.25) is 0 Å². The number of esters is 1. The van der Waals surface area contributed by atoms with Crippen molar-refractivity contribution < 1.29 is 19.1 Å². The number of benzene rings is 2. The first-order valence-electron chi connectivity index (χ1n) is 9.26. The minimum absolute atomic E-state index is 0.143. The first kappa shape index (κ1) is 22.2. The molecule has 1 atom stereocenters. The number of hydrogen-bond donors (Lipinski definition) is 1. The van der Waals surface area contributed by atoms with Crippen LogP contribution < -0.4 is 5.32 Å². The second-order valence-corrected chi connectivity index (χ2v) is 5.93. The predicted molar refractivity (Wildman–Crippen MR) is 106 cm³/mol. The zero-order chi connectivity index (χ0) is 20.1. The van der Waals surface area contributed by atoms with Gasteiger partial charge >= 0.3 is 12.1 Å². The standard InChI is InChI=1S/C20H23NO4.C2H6/c1-15(2)25-19(22)18(13-16-9-5-3-6-10-16)21-20(23)24-14-17-11-7-4-8-12-17;1-2/h3-12,15,18H,13-14H2,1-2H3,(H,21,23);1-2H3/t18-;/m1./s1. The topological polar surface area (TPSA) is 64.6 Å². The molecular weight excluding hydrogens is 342 g/mol. The van der Waals surface area contributed by atoms with Gasteiger partial charge in [0.2, 0.25) is 0 Å². The fraction of sp³-hybridized carbons (Fsp3) is 0.364. The van der Waals surface area contributed by atoms with Gasteiger partial charge in [0.15, 0.2) is 0 Å². The van der Waals surface area contributed by atoms with Gasteiger partial charge in [-0.05, 0) is 25.0 Å². The summed E-state index contributed by atoms with van der Waals surface area (Å²) in [5, 5.41) is 2.61. The van der Waals surface area contributed by atoms with Crippen LogP contribution in [0.4, 0.5) is 4.79 Å². The third-order valence-corrected chi connectivity index (χ3v) is 3.42. The Bertz CT molecular complexity index is 671. The minimum Gasteiger partial charge on any atom is -0.461 e. The van der Waals surface area contributed by atoms with Crippen molar-refractivity contribution in [1.82, 2.24) is 5.32 Å². The Kier molecular flexibility index (Phi) is 10.3. The molecule has 0 fully saturated rings. The van der Waals surface area contributed by atoms with Crippen LogP contribution in [0.5, 0.6) is 0 Å². The SMILES string of the molecule is CC.CC(C)OC(=O)[C@@H](Cc1ccccc1)NC(=O)OCc1ccccc1. The highest BCUT2D eigenvalue weighted by Crippen LogP contribution is 2.07. The van der Waals surface area contributed by atoms with Gasteiger partial charge in [0, 0.05) is 6.42 Å². The number of carbonyl (C=O) groups excluding carboxylic acids is 2. The van der Waals surface area contributed by atoms with Crippen molar-refractivity contribution >= 4 is 12.1 Å². The molecule has 0 bridgehead atoms. The molecular formula is C22H29NO4. The van der Waals surface area contributed by atoms with E-state index in [1.165, 1.54) is 0 Å². The van der Waals surface area contributed by atoms with Crippen LogP contribution in [-0.2, 0) is 27.3 Å². The van der Waals surface area contributed by atoms with Gasteiger partial charge in [-0.3, -0.25) is 0 Å². The van der Waals surface area contributed by atoms with Crippen molar-refractivity contribution in [1.29, 1.82) is 0 Å². The van der Waals surface area contributed by atoms with Crippen LogP contribution in [0.25, 0.3) is 0 Å². The van der Waals surface area contributed by atoms with Crippen molar-refractivity contribution in [3.63, 3.8) is 0 Å². The number of nitrogens with one attached hydrogen (secondary N) is 1. The maximum absolute atomic E-state index is 12.3. The smallest absolute Gasteiger partial charge is 0.408 e. The molecule has 0 radical (unpaired) electrons. The molecule has 0 aliphatic heterocycles. The highest BCUT2D eigenvalue weighted by Gasteiger charge is 2.24. The van der Waals surface area contributed by atoms with Gasteiger partial charge in [0.25, 0.3) is 0 Å². The summed E-state index contributed by atoms with van der Waals surface area (Å²) in [7, 11) is 0. The molecule has 0 aromatic heterocycles. The molecule has 0 saturated heterocycles. The Labute approximate surface area is 161 Å². The summed E-state index contributed by atoms with van der Waals surface area (Å²) in [5.74, 6) is -0.476. The summed E-state index contributed by atoms with van der Waals surface area (Å²) in [5.41, 5.74) is 1.80. The number of amides is 1. The normalized spacial score (nSPS) is 11.0. The highest BCUT2D eigenvalue weighted by atomic mass is 16.6. The minimum atomic E-state index is -0.798. The maximum Gasteiger partial charge on any atom is 0.408 e. The summed E-state index contributed by atoms with van der Waals surface area (Å²) >= 11 is 0. The molecule has 0 heterocycles. The van der Waals surface area contributed by atoms with E-state index in [4.69, 9.17) is 9.47 Å². The average molecular weight is 371 g/mol. The second-order valence-electron chi connectivity index (χ2n) is 5.93. The van der Waals surface area contributed by atoms with Crippen LogP contribution in [-0.4, -0.2) is 24.2 Å². The first-order valence-corrected chi connectivity index (χ1v) is 9.26. The molecule has 0 unspecified atom stereocenters. The van der Waals surface area contributed by atoms with Gasteiger partial charge in [-0.25, -0.2) is 9.59 Å². The quantitative estimate of drug-likeness (QED) is 0.728. The molecule has 1 amide bonds. The lowest BCUT2D eigenvalue weighted by Gasteiger charge is -2.19. The molecule has 0 aliphatic carbocycles. The molecule has 2 rings (SSSR count). The fourth-order valence-corrected chi connectivity index (χ4v) is 2.26. The first-order chi connectivity index (χ1) is 13.0. The van der Waals surface area contributed by atoms with Gasteiger partial charge < -0.3 is 14.8 Å². The third kappa shape index (κ3) is 8.90. The Morgan fingerprint density at radius 1 is 0.889 bits per heavy atom. The summed E-state index contributed by atoms with van der Waals surface area (Å²) in [6, 6.07) is 18.0. The van der Waals surface area contributed by atoms with Crippen molar-refractivity contribution in [2.45, 2.75) is 52.9 Å². The number of rotatable bonds is 7. The largest absolute Gasteiger partial charge is 0.461 e. The van der Waals surface area contributed by atoms with E-state index in [1.807, 2.05) is 74.5 Å². The molecule has 0 saturated carbocycles. The van der Waals surface area contributed by atoms with E-state index >= 15 is 0 Å². The van der Waals surface area contributed by atoms with Crippen LogP contribution in [0.3, 0.4) is 0 Å². The van der Waals surface area contributed by atoms with Crippen LogP contribution in [0.1, 0.15) is 38.8 Å². The summed E-state index contributed by atoms with van der Waals surface area (Å²) in [6.07, 6.45) is -0.564. The third-order valence-electron chi connectivity index (χ3n) is 3.42. The second kappa shape index (κ2) is 12.5. The molecule has 5 nitrogen and oxygen atoms in total. The number of carbonyl (C=O) groups is 2. The summed E-state index contributed by atoms with van der Waals surface area (Å²) < 4.78 is 10.4. The van der Waals surface area contributed by atoms with Gasteiger partial charge in [-0.2, -0.15) is 0 Å². The average Bonchev–Trinajstić information content (AvgIpc) is 2.68. The van der Waals surface area contributed by atoms with E-state index in [-0.39, 0.29) is 12.7 Å². The molecule has 0 aliphatic rings. The van der Waals surface area contributed by atoms with Crippen molar-refractivity contribution in [2.75, 3.05) is 0 Å². The zero-order valence-electron chi connectivity index (χ0n) is 16.5. The Balaban J connectivity index is 0.00000176. The van der Waals surface area contributed by atoms with Gasteiger partial charge in [0.05, 0.1) is 6.10 Å². The van der Waals surface area contributed by atoms with Gasteiger partial charge in [-0.1, -0.05) is 74.5 Å². The maximum atomic E-state index is 12.3. The van der Waals surface area contributed by atoms with E-state index in [9.17, 15) is 9.59 Å². The number of hydrogen-bond acceptors (Lipinski definition) is 4. The van der Waals surface area contributed by atoms with Gasteiger partial charge in [-0.15, -0.1) is 0 Å². The van der Waals surface area contributed by atoms with Crippen LogP contribution in [0, 0.1) is 0 Å². The molecule has 2 aromatic carbocycles. The van der Waals surface area contributed by atoms with Crippen LogP contribution in [0.15, 0.2) is 60.7 Å². The molecule has 5 heteroatoms. The van der Waals surface area contributed by atoms with E-state index in [1.54, 1.807) is 13.8 Å². The van der Waals surface area contributed by atoms with E-state index in [0.717, 1.165) is 11.1 Å². The monoisotopic (exact) mass is 371 g/mol. The van der Waals surface area contributed by atoms with E-state index < -0.39 is 18.1 Å². The Hall–Kier alpha value is -2.82. The number of alkyl carbamates (subject to hydrolysis) is 1. The lowest BCUT2D eigenvalue weighted by Crippen LogP contribution is -2.44. The molecule has 2 aromatic rings. The fourth-order valence-electron chi connectivity index (χ4n) is 2.26. The van der Waals surface area contributed by atoms with E-state index in [0.29, 0.717) is 6.42 Å². The Morgan fingerprint density at radius 3 is 1.93 bits per heavy atom. The predicted octanol–water partition coefficient (Wildman–Crippen LogP) is 4.50. The molecule has 27 heavy (non-hydrogen) atoms. The van der Waals surface area contributed by atoms with Crippen LogP contribution >= 0.6 is 0 Å². The summed E-state index contributed by atoms with van der Waals surface area (Å²) in [4.78, 5) is 24.3. The zero-order valence-corrected chi connectivity index (χ0v) is 16.5. The van der Waals surface area contributed by atoms with Crippen molar-refractivity contribution in [3.05, 3.63) is 71.8 Å². The van der Waals surface area contributed by atoms with Gasteiger partial charge in [0.1, 0.15) is 12.6 Å².